The fourth-order valence-electron chi connectivity index (χ4n) is 1.03. The quantitative estimate of drug-likeness (QED) is 0.474. The summed E-state index contributed by atoms with van der Waals surface area (Å²) >= 11 is 0. The Morgan fingerprint density at radius 2 is 2.35 bits per heavy atom. The highest BCUT2D eigenvalue weighted by Crippen LogP contribution is 2.05. The fraction of sp³-hybridized carbons (Fsp3) is 0.500. The van der Waals surface area contributed by atoms with Gasteiger partial charge in [0.05, 0.1) is 6.20 Å². The number of aromatic nitrogens is 2. The van der Waals surface area contributed by atoms with Gasteiger partial charge in [-0.15, -0.1) is 0 Å². The van der Waals surface area contributed by atoms with Gasteiger partial charge in [0.2, 0.25) is 5.91 Å². The molecule has 0 spiro atoms. The summed E-state index contributed by atoms with van der Waals surface area (Å²) in [6.07, 6.45) is 0.176. The first-order chi connectivity index (χ1) is 7.86. The van der Waals surface area contributed by atoms with Crippen molar-refractivity contribution >= 4 is 15.9 Å². The molecule has 1 amide bonds. The summed E-state index contributed by atoms with van der Waals surface area (Å²) in [5, 5.41) is 8.94. The number of aliphatic hydroxyl groups excluding tert-OH is 1. The van der Waals surface area contributed by atoms with Crippen molar-refractivity contribution in [3.63, 3.8) is 0 Å². The molecule has 0 fully saturated rings. The van der Waals surface area contributed by atoms with E-state index in [2.05, 4.69) is 9.97 Å². The van der Waals surface area contributed by atoms with Crippen LogP contribution in [0, 0.1) is 0 Å². The number of nitrogens with zero attached hydrogens (tertiary/aromatic N) is 1. The van der Waals surface area contributed by atoms with Crippen LogP contribution in [0.25, 0.3) is 0 Å². The summed E-state index contributed by atoms with van der Waals surface area (Å²) < 4.78 is 25.3. The van der Waals surface area contributed by atoms with Gasteiger partial charge in [0.1, 0.15) is 11.9 Å². The number of aryl methyl sites for hydroxylation is 1. The number of rotatable bonds is 6. The number of amides is 1. The Kier molecular flexibility index (Phi) is 4.21. The maximum absolute atomic E-state index is 11.6. The zero-order valence-corrected chi connectivity index (χ0v) is 9.99. The number of carbonyl (C=O) groups excluding carboxylic acids is 1. The van der Waals surface area contributed by atoms with Gasteiger partial charge in [-0.25, -0.2) is 18.1 Å². The predicted octanol–water partition coefficient (Wildman–Crippen LogP) is -1.90. The Bertz CT molecular complexity index is 495. The van der Waals surface area contributed by atoms with E-state index < -0.39 is 28.6 Å². The van der Waals surface area contributed by atoms with Crippen LogP contribution < -0.4 is 10.5 Å². The molecule has 0 saturated carbocycles. The van der Waals surface area contributed by atoms with Crippen molar-refractivity contribution in [1.29, 1.82) is 0 Å². The van der Waals surface area contributed by atoms with E-state index in [1.54, 1.807) is 0 Å². The van der Waals surface area contributed by atoms with Crippen molar-refractivity contribution in [2.24, 2.45) is 5.73 Å². The Morgan fingerprint density at radius 1 is 1.71 bits per heavy atom. The van der Waals surface area contributed by atoms with Crippen LogP contribution in [0.15, 0.2) is 11.2 Å². The lowest BCUT2D eigenvalue weighted by atomic mass is 10.3. The molecule has 0 saturated heterocycles. The second-order valence-corrected chi connectivity index (χ2v) is 5.05. The number of aromatic amines is 1. The van der Waals surface area contributed by atoms with Crippen LogP contribution in [0.3, 0.4) is 0 Å². The molecule has 0 radical (unpaired) electrons. The van der Waals surface area contributed by atoms with Gasteiger partial charge in [0.25, 0.3) is 10.0 Å². The maximum atomic E-state index is 11.6. The first kappa shape index (κ1) is 13.6. The number of primary amides is 1. The zero-order chi connectivity index (χ0) is 13.1. The molecule has 96 valence electrons. The number of nitrogens with one attached hydrogen (secondary N) is 2. The van der Waals surface area contributed by atoms with Gasteiger partial charge in [-0.1, -0.05) is 6.92 Å². The Hall–Kier alpha value is -1.45. The van der Waals surface area contributed by atoms with Gasteiger partial charge in [0, 0.05) is 13.0 Å². The number of nitrogens with two attached hydrogens (primary N) is 1. The van der Waals surface area contributed by atoms with E-state index in [1.165, 1.54) is 0 Å². The SMILES string of the molecule is CCc1ncc(S(=O)(=O)NCC(O)C(N)=O)[nH]1. The average Bonchev–Trinajstić information content (AvgIpc) is 2.75. The zero-order valence-electron chi connectivity index (χ0n) is 9.17. The van der Waals surface area contributed by atoms with Crippen LogP contribution in [-0.4, -0.2) is 42.0 Å². The second kappa shape index (κ2) is 5.25. The Labute approximate surface area is 98.3 Å². The first-order valence-electron chi connectivity index (χ1n) is 4.87. The summed E-state index contributed by atoms with van der Waals surface area (Å²) in [6, 6.07) is 0. The Balaban J connectivity index is 2.72. The minimum Gasteiger partial charge on any atom is -0.382 e. The lowest BCUT2D eigenvalue weighted by Gasteiger charge is -2.07. The summed E-state index contributed by atoms with van der Waals surface area (Å²) in [6.45, 7) is 1.34. The molecule has 1 aromatic heterocycles. The van der Waals surface area contributed by atoms with Gasteiger partial charge in [-0.05, 0) is 0 Å². The number of H-pyrrole nitrogens is 1. The molecule has 1 heterocycles. The molecule has 9 heteroatoms. The van der Waals surface area contributed by atoms with E-state index >= 15 is 0 Å². The van der Waals surface area contributed by atoms with E-state index in [9.17, 15) is 13.2 Å². The number of hydrogen-bond acceptors (Lipinski definition) is 5. The second-order valence-electron chi connectivity index (χ2n) is 3.32. The molecule has 17 heavy (non-hydrogen) atoms. The van der Waals surface area contributed by atoms with Crippen LogP contribution in [-0.2, 0) is 21.2 Å². The van der Waals surface area contributed by atoms with Gasteiger partial charge < -0.3 is 15.8 Å². The fourth-order valence-corrected chi connectivity index (χ4v) is 2.00. The molecule has 1 aromatic rings. The molecule has 0 aromatic carbocycles. The van der Waals surface area contributed by atoms with E-state index in [0.717, 1.165) is 6.20 Å². The van der Waals surface area contributed by atoms with E-state index in [4.69, 9.17) is 10.8 Å². The van der Waals surface area contributed by atoms with Crippen LogP contribution in [0.5, 0.6) is 0 Å². The monoisotopic (exact) mass is 262 g/mol. The molecule has 1 atom stereocenters. The predicted molar refractivity (Wildman–Crippen MR) is 58.4 cm³/mol. The molecule has 0 aliphatic heterocycles. The largest absolute Gasteiger partial charge is 0.382 e. The van der Waals surface area contributed by atoms with Gasteiger partial charge in [0.15, 0.2) is 5.03 Å². The standard InChI is InChI=1S/C8H14N4O4S/c1-2-6-10-4-7(12-6)17(15,16)11-3-5(13)8(9)14/h4-5,11,13H,2-3H2,1H3,(H2,9,14)(H,10,12). The van der Waals surface area contributed by atoms with Crippen molar-refractivity contribution in [1.82, 2.24) is 14.7 Å². The third-order valence-electron chi connectivity index (χ3n) is 2.02. The van der Waals surface area contributed by atoms with E-state index in [0.29, 0.717) is 12.2 Å². The van der Waals surface area contributed by atoms with Gasteiger partial charge in [-0.3, -0.25) is 4.79 Å². The van der Waals surface area contributed by atoms with Crippen LogP contribution in [0.2, 0.25) is 0 Å². The average molecular weight is 262 g/mol. The molecule has 0 aliphatic carbocycles. The molecular formula is C8H14N4O4S. The van der Waals surface area contributed by atoms with Crippen LogP contribution >= 0.6 is 0 Å². The highest BCUT2D eigenvalue weighted by atomic mass is 32.2. The van der Waals surface area contributed by atoms with Crippen molar-refractivity contribution < 1.29 is 18.3 Å². The lowest BCUT2D eigenvalue weighted by molar-refractivity contribution is -0.125. The van der Waals surface area contributed by atoms with Crippen LogP contribution in [0.1, 0.15) is 12.7 Å². The highest BCUT2D eigenvalue weighted by molar-refractivity contribution is 7.89. The lowest BCUT2D eigenvalue weighted by Crippen LogP contribution is -2.40. The molecule has 8 nitrogen and oxygen atoms in total. The van der Waals surface area contributed by atoms with Gasteiger partial charge >= 0.3 is 0 Å². The third-order valence-corrected chi connectivity index (χ3v) is 3.36. The maximum Gasteiger partial charge on any atom is 0.257 e. The van der Waals surface area contributed by atoms with Crippen molar-refractivity contribution in [2.45, 2.75) is 24.5 Å². The first-order valence-corrected chi connectivity index (χ1v) is 6.36. The molecule has 5 N–H and O–H groups in total. The molecular weight excluding hydrogens is 248 g/mol. The van der Waals surface area contributed by atoms with Crippen molar-refractivity contribution in [3.8, 4) is 0 Å². The normalized spacial score (nSPS) is 13.5. The van der Waals surface area contributed by atoms with Gasteiger partial charge in [-0.2, -0.15) is 0 Å². The number of aliphatic hydroxyl groups is 1. The topological polar surface area (TPSA) is 138 Å². The van der Waals surface area contributed by atoms with Crippen LogP contribution in [0.4, 0.5) is 0 Å². The third kappa shape index (κ3) is 3.51. The number of sulfonamides is 1. The van der Waals surface area contributed by atoms with Crippen molar-refractivity contribution in [3.05, 3.63) is 12.0 Å². The Morgan fingerprint density at radius 3 is 2.82 bits per heavy atom. The summed E-state index contributed by atoms with van der Waals surface area (Å²) in [5.74, 6) is -0.465. The summed E-state index contributed by atoms with van der Waals surface area (Å²) in [4.78, 5) is 17.0. The highest BCUT2D eigenvalue weighted by Gasteiger charge is 2.20. The number of hydrogen-bond donors (Lipinski definition) is 4. The molecule has 0 bridgehead atoms. The van der Waals surface area contributed by atoms with E-state index in [1.807, 2.05) is 11.6 Å². The minimum absolute atomic E-state index is 0.119. The summed E-state index contributed by atoms with van der Waals surface area (Å²) in [5.41, 5.74) is 4.79. The number of imidazole rings is 1. The van der Waals surface area contributed by atoms with Crippen molar-refractivity contribution in [2.75, 3.05) is 6.54 Å². The smallest absolute Gasteiger partial charge is 0.257 e. The van der Waals surface area contributed by atoms with E-state index in [-0.39, 0.29) is 5.03 Å². The summed E-state index contributed by atoms with van der Waals surface area (Å²) in [7, 11) is -3.81. The molecule has 0 aliphatic rings. The number of carbonyl (C=O) groups is 1. The minimum atomic E-state index is -3.81. The molecule has 1 unspecified atom stereocenters. The molecule has 1 rings (SSSR count).